The van der Waals surface area contributed by atoms with E-state index < -0.39 is 11.9 Å². The molecule has 4 N–H and O–H groups in total. The summed E-state index contributed by atoms with van der Waals surface area (Å²) in [6.45, 7) is 1.44. The fraction of sp³-hybridized carbons (Fsp3) is 0.818. The smallest absolute Gasteiger partial charge is 0.317 e. The molecular weight excluding hydrogens is 240 g/mol. The van der Waals surface area contributed by atoms with Crippen LogP contribution in [0.4, 0.5) is 0 Å². The molecule has 0 amide bonds. The molecule has 0 aromatic heterocycles. The van der Waals surface area contributed by atoms with E-state index in [2.05, 4.69) is 5.32 Å². The average Bonchev–Trinajstić information content (AvgIpc) is 2.24. The quantitative estimate of drug-likeness (QED) is 0.456. The highest BCUT2D eigenvalue weighted by atomic mass is 16.4. The lowest BCUT2D eigenvalue weighted by molar-refractivity contribution is -0.139. The predicted octanol–water partition coefficient (Wildman–Crippen LogP) is -1.18. The van der Waals surface area contributed by atoms with Crippen molar-refractivity contribution in [3.63, 3.8) is 0 Å². The molecule has 0 saturated carbocycles. The second-order valence-corrected chi connectivity index (χ2v) is 4.66. The number of piperidine rings is 1. The summed E-state index contributed by atoms with van der Waals surface area (Å²) in [5.74, 6) is -1.82. The zero-order chi connectivity index (χ0) is 13.5. The van der Waals surface area contributed by atoms with Gasteiger partial charge in [-0.05, 0) is 12.3 Å². The van der Waals surface area contributed by atoms with Gasteiger partial charge in [0.1, 0.15) is 0 Å². The molecule has 1 heterocycles. The normalized spacial score (nSPS) is 24.9. The van der Waals surface area contributed by atoms with E-state index in [1.54, 1.807) is 4.90 Å². The zero-order valence-electron chi connectivity index (χ0n) is 10.2. The monoisotopic (exact) mass is 260 g/mol. The molecule has 1 aliphatic rings. The summed E-state index contributed by atoms with van der Waals surface area (Å²) in [6, 6.07) is 0.0367. The van der Waals surface area contributed by atoms with E-state index in [0.29, 0.717) is 26.1 Å². The van der Waals surface area contributed by atoms with Gasteiger partial charge in [0.15, 0.2) is 0 Å². The molecule has 0 spiro atoms. The maximum absolute atomic E-state index is 10.7. The Kier molecular flexibility index (Phi) is 6.03. The summed E-state index contributed by atoms with van der Waals surface area (Å²) in [7, 11) is 0. The molecule has 7 nitrogen and oxygen atoms in total. The molecule has 2 atom stereocenters. The van der Waals surface area contributed by atoms with Crippen LogP contribution >= 0.6 is 0 Å². The fourth-order valence-corrected chi connectivity index (χ4v) is 2.43. The predicted molar refractivity (Wildman–Crippen MR) is 63.3 cm³/mol. The lowest BCUT2D eigenvalue weighted by Crippen LogP contribution is -2.51. The number of aliphatic carboxylic acids is 2. The molecule has 0 aromatic rings. The second-order valence-electron chi connectivity index (χ2n) is 4.66. The van der Waals surface area contributed by atoms with Crippen molar-refractivity contribution in [2.24, 2.45) is 5.92 Å². The van der Waals surface area contributed by atoms with Crippen LogP contribution in [0.5, 0.6) is 0 Å². The first-order chi connectivity index (χ1) is 8.51. The van der Waals surface area contributed by atoms with Crippen LogP contribution < -0.4 is 5.32 Å². The number of nitrogens with one attached hydrogen (secondary N) is 1. The van der Waals surface area contributed by atoms with Gasteiger partial charge < -0.3 is 20.6 Å². The Morgan fingerprint density at radius 3 is 2.50 bits per heavy atom. The van der Waals surface area contributed by atoms with Crippen molar-refractivity contribution < 1.29 is 24.9 Å². The third kappa shape index (κ3) is 5.44. The van der Waals surface area contributed by atoms with E-state index in [0.717, 1.165) is 0 Å². The van der Waals surface area contributed by atoms with Crippen LogP contribution in [-0.2, 0) is 9.59 Å². The molecule has 0 radical (unpaired) electrons. The highest BCUT2D eigenvalue weighted by Crippen LogP contribution is 2.20. The van der Waals surface area contributed by atoms with Crippen molar-refractivity contribution in [2.75, 3.05) is 32.8 Å². The molecule has 1 rings (SSSR count). The molecule has 0 aromatic carbocycles. The van der Waals surface area contributed by atoms with Crippen molar-refractivity contribution in [1.82, 2.24) is 10.2 Å². The summed E-state index contributed by atoms with van der Waals surface area (Å²) < 4.78 is 0. The van der Waals surface area contributed by atoms with Gasteiger partial charge in [-0.15, -0.1) is 0 Å². The number of nitrogens with zero attached hydrogens (tertiary/aromatic N) is 1. The SMILES string of the molecule is O=C(O)CC1CC(NCCO)CN(CC(=O)O)C1. The highest BCUT2D eigenvalue weighted by molar-refractivity contribution is 5.69. The minimum Gasteiger partial charge on any atom is -0.481 e. The Balaban J connectivity index is 2.53. The lowest BCUT2D eigenvalue weighted by Gasteiger charge is -2.36. The maximum atomic E-state index is 10.7. The van der Waals surface area contributed by atoms with Gasteiger partial charge in [-0.25, -0.2) is 0 Å². The van der Waals surface area contributed by atoms with Crippen LogP contribution in [-0.4, -0.2) is 71.0 Å². The minimum atomic E-state index is -0.910. The summed E-state index contributed by atoms with van der Waals surface area (Å²) >= 11 is 0. The van der Waals surface area contributed by atoms with Crippen LogP contribution in [0.2, 0.25) is 0 Å². The summed E-state index contributed by atoms with van der Waals surface area (Å²) in [5, 5.41) is 29.4. The van der Waals surface area contributed by atoms with Crippen LogP contribution in [0.1, 0.15) is 12.8 Å². The van der Waals surface area contributed by atoms with E-state index in [4.69, 9.17) is 15.3 Å². The molecule has 0 aliphatic carbocycles. The highest BCUT2D eigenvalue weighted by Gasteiger charge is 2.29. The van der Waals surface area contributed by atoms with Crippen molar-refractivity contribution >= 4 is 11.9 Å². The third-order valence-corrected chi connectivity index (χ3v) is 2.98. The Morgan fingerprint density at radius 1 is 1.22 bits per heavy atom. The number of hydrogen-bond acceptors (Lipinski definition) is 5. The van der Waals surface area contributed by atoms with E-state index in [9.17, 15) is 9.59 Å². The summed E-state index contributed by atoms with van der Waals surface area (Å²) in [5.41, 5.74) is 0. The Bertz CT molecular complexity index is 273. The molecular formula is C11H20N2O5. The number of rotatable bonds is 7. The first-order valence-electron chi connectivity index (χ1n) is 6.01. The molecule has 1 aliphatic heterocycles. The van der Waals surface area contributed by atoms with Crippen LogP contribution in [0.25, 0.3) is 0 Å². The first kappa shape index (κ1) is 14.9. The van der Waals surface area contributed by atoms with Gasteiger partial charge in [0.2, 0.25) is 0 Å². The molecule has 18 heavy (non-hydrogen) atoms. The number of carboxylic acid groups (broad SMARTS) is 2. The number of aliphatic hydroxyl groups is 1. The number of likely N-dealkylation sites (tertiary alicyclic amines) is 1. The topological polar surface area (TPSA) is 110 Å². The number of carbonyl (C=O) groups is 2. The van der Waals surface area contributed by atoms with Gasteiger partial charge in [-0.2, -0.15) is 0 Å². The van der Waals surface area contributed by atoms with Crippen molar-refractivity contribution in [3.05, 3.63) is 0 Å². The molecule has 2 unspecified atom stereocenters. The standard InChI is InChI=1S/C11H20N2O5/c14-2-1-12-9-3-8(4-10(15)16)5-13(6-9)7-11(17)18/h8-9,12,14H,1-7H2,(H,15,16)(H,17,18). The van der Waals surface area contributed by atoms with Gasteiger partial charge >= 0.3 is 11.9 Å². The maximum Gasteiger partial charge on any atom is 0.317 e. The van der Waals surface area contributed by atoms with Gasteiger partial charge in [-0.3, -0.25) is 14.5 Å². The largest absolute Gasteiger partial charge is 0.481 e. The Labute approximate surface area is 105 Å². The fourth-order valence-electron chi connectivity index (χ4n) is 2.43. The van der Waals surface area contributed by atoms with Gasteiger partial charge in [0, 0.05) is 32.1 Å². The molecule has 7 heteroatoms. The molecule has 1 saturated heterocycles. The Morgan fingerprint density at radius 2 is 1.94 bits per heavy atom. The summed E-state index contributed by atoms with van der Waals surface area (Å²) in [4.78, 5) is 23.2. The molecule has 0 bridgehead atoms. The van der Waals surface area contributed by atoms with E-state index >= 15 is 0 Å². The first-order valence-corrected chi connectivity index (χ1v) is 6.01. The molecule has 1 fully saturated rings. The average molecular weight is 260 g/mol. The van der Waals surface area contributed by atoms with Crippen molar-refractivity contribution in [2.45, 2.75) is 18.9 Å². The van der Waals surface area contributed by atoms with Gasteiger partial charge in [0.05, 0.1) is 13.2 Å². The third-order valence-electron chi connectivity index (χ3n) is 2.98. The van der Waals surface area contributed by atoms with Gasteiger partial charge in [0.25, 0.3) is 0 Å². The minimum absolute atomic E-state index is 0.0129. The summed E-state index contributed by atoms with van der Waals surface area (Å²) in [6.07, 6.45) is 0.746. The number of hydrogen-bond donors (Lipinski definition) is 4. The van der Waals surface area contributed by atoms with Crippen molar-refractivity contribution in [3.8, 4) is 0 Å². The number of aliphatic hydroxyl groups excluding tert-OH is 1. The van der Waals surface area contributed by atoms with Crippen LogP contribution in [0.3, 0.4) is 0 Å². The van der Waals surface area contributed by atoms with E-state index in [1.807, 2.05) is 0 Å². The van der Waals surface area contributed by atoms with Crippen molar-refractivity contribution in [1.29, 1.82) is 0 Å². The Hall–Kier alpha value is -1.18. The van der Waals surface area contributed by atoms with Crippen LogP contribution in [0, 0.1) is 5.92 Å². The van der Waals surface area contributed by atoms with E-state index in [-0.39, 0.29) is 31.5 Å². The molecule has 104 valence electrons. The zero-order valence-corrected chi connectivity index (χ0v) is 10.2. The van der Waals surface area contributed by atoms with Crippen LogP contribution in [0.15, 0.2) is 0 Å². The second kappa shape index (κ2) is 7.30. The lowest BCUT2D eigenvalue weighted by atomic mass is 9.91. The van der Waals surface area contributed by atoms with E-state index in [1.165, 1.54) is 0 Å². The van der Waals surface area contributed by atoms with Gasteiger partial charge in [-0.1, -0.05) is 0 Å². The number of carboxylic acids is 2.